The Morgan fingerprint density at radius 3 is 2.43 bits per heavy atom. The first kappa shape index (κ1) is 20.3. The van der Waals surface area contributed by atoms with Gasteiger partial charge < -0.3 is 9.73 Å². The number of oxazole rings is 1. The second-order valence-electron chi connectivity index (χ2n) is 6.63. The number of nitrogens with one attached hydrogen (secondary N) is 1. The van der Waals surface area contributed by atoms with Crippen LogP contribution in [0, 0.1) is 6.92 Å². The lowest BCUT2D eigenvalue weighted by molar-refractivity contribution is 0.102. The molecule has 0 aliphatic rings. The normalized spacial score (nSPS) is 10.7. The van der Waals surface area contributed by atoms with E-state index in [0.717, 1.165) is 22.8 Å². The maximum absolute atomic E-state index is 12.5. The molecule has 1 amide bonds. The lowest BCUT2D eigenvalue weighted by atomic mass is 10.1. The SMILES string of the molecule is Cc1oc(-c2ccc(C(=O)Nc3ccccc3Cl)cc2)nc1CSc1ccccc1. The maximum atomic E-state index is 12.5. The number of rotatable bonds is 6. The smallest absolute Gasteiger partial charge is 0.255 e. The highest BCUT2D eigenvalue weighted by atomic mass is 35.5. The van der Waals surface area contributed by atoms with E-state index < -0.39 is 0 Å². The van der Waals surface area contributed by atoms with E-state index in [0.29, 0.717) is 22.2 Å². The Labute approximate surface area is 184 Å². The number of carbonyl (C=O) groups is 1. The van der Waals surface area contributed by atoms with Crippen molar-refractivity contribution in [3.8, 4) is 11.5 Å². The number of nitrogens with zero attached hydrogens (tertiary/aromatic N) is 1. The zero-order valence-electron chi connectivity index (χ0n) is 16.3. The molecule has 0 unspecified atom stereocenters. The highest BCUT2D eigenvalue weighted by Crippen LogP contribution is 2.28. The molecule has 1 aromatic heterocycles. The molecule has 0 radical (unpaired) electrons. The van der Waals surface area contributed by atoms with Crippen LogP contribution in [0.5, 0.6) is 0 Å². The standard InChI is InChI=1S/C24H19ClN2O2S/c1-16-22(15-30-19-7-3-2-4-8-19)27-24(29-16)18-13-11-17(12-14-18)23(28)26-21-10-6-5-9-20(21)25/h2-14H,15H2,1H3,(H,26,28). The Morgan fingerprint density at radius 2 is 1.70 bits per heavy atom. The number of halogens is 1. The Morgan fingerprint density at radius 1 is 1.00 bits per heavy atom. The lowest BCUT2D eigenvalue weighted by Gasteiger charge is -2.07. The first-order chi connectivity index (χ1) is 14.6. The quantitative estimate of drug-likeness (QED) is 0.337. The molecule has 0 aliphatic carbocycles. The number of hydrogen-bond donors (Lipinski definition) is 1. The summed E-state index contributed by atoms with van der Waals surface area (Å²) >= 11 is 7.82. The molecular weight excluding hydrogens is 416 g/mol. The van der Waals surface area contributed by atoms with Crippen molar-refractivity contribution in [2.45, 2.75) is 17.6 Å². The predicted molar refractivity (Wildman–Crippen MR) is 122 cm³/mol. The summed E-state index contributed by atoms with van der Waals surface area (Å²) in [4.78, 5) is 18.3. The molecule has 0 aliphatic heterocycles. The molecule has 1 N–H and O–H groups in total. The predicted octanol–water partition coefficient (Wildman–Crippen LogP) is 6.85. The van der Waals surface area contributed by atoms with Crippen molar-refractivity contribution in [2.75, 3.05) is 5.32 Å². The number of benzene rings is 3. The van der Waals surface area contributed by atoms with E-state index in [1.165, 1.54) is 4.90 Å². The molecular formula is C24H19ClN2O2S. The highest BCUT2D eigenvalue weighted by Gasteiger charge is 2.13. The van der Waals surface area contributed by atoms with Gasteiger partial charge in [-0.25, -0.2) is 4.98 Å². The zero-order valence-corrected chi connectivity index (χ0v) is 17.8. The number of thioether (sulfide) groups is 1. The van der Waals surface area contributed by atoms with Gasteiger partial charge in [-0.1, -0.05) is 41.9 Å². The van der Waals surface area contributed by atoms with E-state index in [2.05, 4.69) is 22.4 Å². The van der Waals surface area contributed by atoms with Gasteiger partial charge in [0.1, 0.15) is 5.76 Å². The van der Waals surface area contributed by atoms with Gasteiger partial charge in [-0.2, -0.15) is 0 Å². The van der Waals surface area contributed by atoms with Crippen molar-refractivity contribution in [3.63, 3.8) is 0 Å². The van der Waals surface area contributed by atoms with Gasteiger partial charge >= 0.3 is 0 Å². The number of aryl methyl sites for hydroxylation is 1. The van der Waals surface area contributed by atoms with Gasteiger partial charge in [0, 0.05) is 21.8 Å². The number of hydrogen-bond acceptors (Lipinski definition) is 4. The monoisotopic (exact) mass is 434 g/mol. The molecule has 3 aromatic carbocycles. The topological polar surface area (TPSA) is 55.1 Å². The highest BCUT2D eigenvalue weighted by molar-refractivity contribution is 7.98. The van der Waals surface area contributed by atoms with Crippen molar-refractivity contribution in [2.24, 2.45) is 0 Å². The molecule has 4 nitrogen and oxygen atoms in total. The summed E-state index contributed by atoms with van der Waals surface area (Å²) < 4.78 is 5.86. The van der Waals surface area contributed by atoms with E-state index in [1.54, 1.807) is 36.0 Å². The summed E-state index contributed by atoms with van der Waals surface area (Å²) in [6, 6.07) is 24.5. The maximum Gasteiger partial charge on any atom is 0.255 e. The average molecular weight is 435 g/mol. The van der Waals surface area contributed by atoms with E-state index in [4.69, 9.17) is 16.0 Å². The Balaban J connectivity index is 1.45. The van der Waals surface area contributed by atoms with Crippen molar-refractivity contribution < 1.29 is 9.21 Å². The Kier molecular flexibility index (Phi) is 6.21. The third-order valence-corrected chi connectivity index (χ3v) is 5.88. The first-order valence-electron chi connectivity index (χ1n) is 9.40. The van der Waals surface area contributed by atoms with Gasteiger partial charge in [0.05, 0.1) is 16.4 Å². The second-order valence-corrected chi connectivity index (χ2v) is 8.09. The van der Waals surface area contributed by atoms with Crippen LogP contribution in [0.4, 0.5) is 5.69 Å². The summed E-state index contributed by atoms with van der Waals surface area (Å²) in [5.74, 6) is 1.86. The molecule has 0 saturated carbocycles. The average Bonchev–Trinajstić information content (AvgIpc) is 3.15. The van der Waals surface area contributed by atoms with E-state index in [1.807, 2.05) is 49.4 Å². The van der Waals surface area contributed by atoms with Crippen LogP contribution in [0.3, 0.4) is 0 Å². The number of carbonyl (C=O) groups excluding carboxylic acids is 1. The van der Waals surface area contributed by atoms with Crippen LogP contribution in [0.15, 0.2) is 88.2 Å². The zero-order chi connectivity index (χ0) is 20.9. The van der Waals surface area contributed by atoms with Crippen LogP contribution >= 0.6 is 23.4 Å². The molecule has 0 bridgehead atoms. The van der Waals surface area contributed by atoms with Gasteiger partial charge in [0.2, 0.25) is 5.89 Å². The molecule has 4 rings (SSSR count). The summed E-state index contributed by atoms with van der Waals surface area (Å²) in [7, 11) is 0. The van der Waals surface area contributed by atoms with Gasteiger partial charge in [-0.05, 0) is 55.5 Å². The Hall–Kier alpha value is -3.02. The van der Waals surface area contributed by atoms with E-state index in [-0.39, 0.29) is 5.91 Å². The summed E-state index contributed by atoms with van der Waals surface area (Å²) in [6.07, 6.45) is 0. The second kappa shape index (κ2) is 9.20. The van der Waals surface area contributed by atoms with Gasteiger partial charge in [0.15, 0.2) is 0 Å². The molecule has 0 atom stereocenters. The van der Waals surface area contributed by atoms with Crippen molar-refractivity contribution in [3.05, 3.63) is 101 Å². The Bertz CT molecular complexity index is 1160. The molecule has 4 aromatic rings. The van der Waals surface area contributed by atoms with Crippen molar-refractivity contribution in [1.82, 2.24) is 4.98 Å². The fraction of sp³-hybridized carbons (Fsp3) is 0.0833. The van der Waals surface area contributed by atoms with E-state index in [9.17, 15) is 4.79 Å². The van der Waals surface area contributed by atoms with Crippen LogP contribution < -0.4 is 5.32 Å². The minimum atomic E-state index is -0.224. The molecule has 0 saturated heterocycles. The number of para-hydroxylation sites is 1. The van der Waals surface area contributed by atoms with Crippen molar-refractivity contribution in [1.29, 1.82) is 0 Å². The third kappa shape index (κ3) is 4.75. The van der Waals surface area contributed by atoms with E-state index >= 15 is 0 Å². The van der Waals surface area contributed by atoms with Gasteiger partial charge in [0.25, 0.3) is 5.91 Å². The molecule has 150 valence electrons. The van der Waals surface area contributed by atoms with Crippen LogP contribution in [0.25, 0.3) is 11.5 Å². The summed E-state index contributed by atoms with van der Waals surface area (Å²) in [6.45, 7) is 1.92. The molecule has 1 heterocycles. The molecule has 0 fully saturated rings. The van der Waals surface area contributed by atoms with Crippen molar-refractivity contribution >= 4 is 35.0 Å². The first-order valence-corrected chi connectivity index (χ1v) is 10.8. The third-order valence-electron chi connectivity index (χ3n) is 4.53. The van der Waals surface area contributed by atoms with Crippen LogP contribution in [0.2, 0.25) is 5.02 Å². The van der Waals surface area contributed by atoms with Gasteiger partial charge in [-0.3, -0.25) is 4.79 Å². The lowest BCUT2D eigenvalue weighted by Crippen LogP contribution is -2.11. The number of anilines is 1. The number of amides is 1. The fourth-order valence-corrected chi connectivity index (χ4v) is 3.98. The number of aromatic nitrogens is 1. The molecule has 6 heteroatoms. The van der Waals surface area contributed by atoms with Crippen LogP contribution in [-0.2, 0) is 5.75 Å². The summed E-state index contributed by atoms with van der Waals surface area (Å²) in [5.41, 5.74) is 2.85. The largest absolute Gasteiger partial charge is 0.441 e. The van der Waals surface area contributed by atoms with Crippen LogP contribution in [0.1, 0.15) is 21.8 Å². The molecule has 30 heavy (non-hydrogen) atoms. The van der Waals surface area contributed by atoms with Gasteiger partial charge in [-0.15, -0.1) is 11.8 Å². The van der Waals surface area contributed by atoms with Crippen LogP contribution in [-0.4, -0.2) is 10.9 Å². The minimum absolute atomic E-state index is 0.224. The fourth-order valence-electron chi connectivity index (χ4n) is 2.88. The molecule has 0 spiro atoms. The summed E-state index contributed by atoms with van der Waals surface area (Å²) in [5, 5.41) is 3.32. The minimum Gasteiger partial charge on any atom is -0.441 e.